The monoisotopic (exact) mass is 342 g/mol. The van der Waals surface area contributed by atoms with Crippen molar-refractivity contribution in [3.05, 3.63) is 71.1 Å². The molecule has 0 aliphatic heterocycles. The van der Waals surface area contributed by atoms with Gasteiger partial charge in [-0.2, -0.15) is 0 Å². The Kier molecular flexibility index (Phi) is 3.58. The average molecular weight is 343 g/mol. The number of aromatic nitrogens is 2. The van der Waals surface area contributed by atoms with Crippen LogP contribution in [0.15, 0.2) is 65.4 Å². The Balaban J connectivity index is 2.25. The number of aromatic carboxylic acids is 1. The van der Waals surface area contributed by atoms with E-state index < -0.39 is 5.97 Å². The van der Waals surface area contributed by atoms with E-state index >= 15 is 0 Å². The van der Waals surface area contributed by atoms with E-state index in [0.29, 0.717) is 5.69 Å². The molecule has 3 aromatic rings. The minimum Gasteiger partial charge on any atom is -0.476 e. The molecule has 0 amide bonds. The maximum atomic E-state index is 11.4. The van der Waals surface area contributed by atoms with E-state index in [0.717, 1.165) is 15.7 Å². The summed E-state index contributed by atoms with van der Waals surface area (Å²) in [5, 5.41) is 9.36. The van der Waals surface area contributed by atoms with Crippen LogP contribution in [0.4, 0.5) is 0 Å². The molecule has 5 heteroatoms. The van der Waals surface area contributed by atoms with Crippen molar-refractivity contribution in [3.8, 4) is 16.9 Å². The van der Waals surface area contributed by atoms with Crippen molar-refractivity contribution in [2.75, 3.05) is 0 Å². The Morgan fingerprint density at radius 3 is 2.52 bits per heavy atom. The first-order valence-corrected chi connectivity index (χ1v) is 7.08. The first-order chi connectivity index (χ1) is 10.2. The number of carbonyl (C=O) groups is 1. The highest BCUT2D eigenvalue weighted by Gasteiger charge is 2.19. The van der Waals surface area contributed by atoms with Crippen LogP contribution in [0.25, 0.3) is 16.9 Å². The fourth-order valence-corrected chi connectivity index (χ4v) is 2.59. The summed E-state index contributed by atoms with van der Waals surface area (Å²) in [4.78, 5) is 15.5. The predicted octanol–water partition coefficient (Wildman–Crippen LogP) is 4.00. The van der Waals surface area contributed by atoms with Gasteiger partial charge in [0.05, 0.1) is 5.69 Å². The quantitative estimate of drug-likeness (QED) is 0.782. The van der Waals surface area contributed by atoms with Crippen LogP contribution in [0.5, 0.6) is 0 Å². The number of halogens is 1. The molecule has 0 unspecified atom stereocenters. The van der Waals surface area contributed by atoms with E-state index in [2.05, 4.69) is 20.9 Å². The minimum atomic E-state index is -1.04. The van der Waals surface area contributed by atoms with Crippen LogP contribution in [0.3, 0.4) is 0 Å². The molecule has 0 saturated carbocycles. The summed E-state index contributed by atoms with van der Waals surface area (Å²) < 4.78 is 2.70. The molecule has 0 saturated heterocycles. The van der Waals surface area contributed by atoms with Gasteiger partial charge < -0.3 is 5.11 Å². The molecular weight excluding hydrogens is 332 g/mol. The zero-order valence-electron chi connectivity index (χ0n) is 10.9. The lowest BCUT2D eigenvalue weighted by Crippen LogP contribution is -2.02. The molecular formula is C16H11BrN2O2. The van der Waals surface area contributed by atoms with Crippen LogP contribution < -0.4 is 0 Å². The first-order valence-electron chi connectivity index (χ1n) is 6.29. The molecule has 1 heterocycles. The second-order valence-electron chi connectivity index (χ2n) is 4.46. The van der Waals surface area contributed by atoms with Gasteiger partial charge in [0.1, 0.15) is 6.33 Å². The number of imidazole rings is 1. The molecule has 0 atom stereocenters. The van der Waals surface area contributed by atoms with Crippen molar-refractivity contribution in [2.45, 2.75) is 0 Å². The summed E-state index contributed by atoms with van der Waals surface area (Å²) in [5.41, 5.74) is 2.28. The van der Waals surface area contributed by atoms with Crippen molar-refractivity contribution in [3.63, 3.8) is 0 Å². The van der Waals surface area contributed by atoms with E-state index in [4.69, 9.17) is 0 Å². The predicted molar refractivity (Wildman–Crippen MR) is 83.7 cm³/mol. The van der Waals surface area contributed by atoms with Crippen LogP contribution >= 0.6 is 15.9 Å². The molecule has 0 bridgehead atoms. The number of nitrogens with zero attached hydrogens (tertiary/aromatic N) is 2. The molecule has 0 radical (unpaired) electrons. The number of carboxylic acids is 1. The molecule has 3 rings (SSSR count). The van der Waals surface area contributed by atoms with E-state index in [-0.39, 0.29) is 5.69 Å². The number of rotatable bonds is 3. The lowest BCUT2D eigenvalue weighted by Gasteiger charge is -2.09. The van der Waals surface area contributed by atoms with Crippen LogP contribution in [0, 0.1) is 0 Å². The number of benzene rings is 2. The number of hydrogen-bond acceptors (Lipinski definition) is 2. The minimum absolute atomic E-state index is 0.0428. The van der Waals surface area contributed by atoms with E-state index in [9.17, 15) is 9.90 Å². The molecule has 2 aromatic carbocycles. The molecule has 0 aliphatic rings. The van der Waals surface area contributed by atoms with Crippen molar-refractivity contribution < 1.29 is 9.90 Å². The van der Waals surface area contributed by atoms with Gasteiger partial charge >= 0.3 is 5.97 Å². The summed E-state index contributed by atoms with van der Waals surface area (Å²) in [6, 6.07) is 17.0. The van der Waals surface area contributed by atoms with Crippen molar-refractivity contribution >= 4 is 21.9 Å². The van der Waals surface area contributed by atoms with Crippen LogP contribution in [-0.2, 0) is 0 Å². The summed E-state index contributed by atoms with van der Waals surface area (Å²) in [6.45, 7) is 0. The van der Waals surface area contributed by atoms with E-state index in [1.807, 2.05) is 54.6 Å². The Morgan fingerprint density at radius 1 is 1.10 bits per heavy atom. The normalized spacial score (nSPS) is 10.5. The van der Waals surface area contributed by atoms with E-state index in [1.165, 1.54) is 6.33 Å². The van der Waals surface area contributed by atoms with Gasteiger partial charge in [0.2, 0.25) is 0 Å². The van der Waals surface area contributed by atoms with Crippen LogP contribution in [-0.4, -0.2) is 20.6 Å². The smallest absolute Gasteiger partial charge is 0.356 e. The fraction of sp³-hybridized carbons (Fsp3) is 0. The third kappa shape index (κ3) is 2.60. The molecule has 21 heavy (non-hydrogen) atoms. The molecule has 0 spiro atoms. The Hall–Kier alpha value is -2.40. The highest BCUT2D eigenvalue weighted by molar-refractivity contribution is 9.10. The summed E-state index contributed by atoms with van der Waals surface area (Å²) in [6.07, 6.45) is 1.54. The number of carboxylic acid groups (broad SMARTS) is 1. The zero-order chi connectivity index (χ0) is 14.8. The molecule has 104 valence electrons. The molecule has 4 nitrogen and oxygen atoms in total. The largest absolute Gasteiger partial charge is 0.476 e. The third-order valence-corrected chi connectivity index (χ3v) is 3.60. The lowest BCUT2D eigenvalue weighted by molar-refractivity contribution is 0.0692. The zero-order valence-corrected chi connectivity index (χ0v) is 12.5. The van der Waals surface area contributed by atoms with Gasteiger partial charge in [-0.1, -0.05) is 52.3 Å². The van der Waals surface area contributed by atoms with Gasteiger partial charge in [0.15, 0.2) is 5.69 Å². The van der Waals surface area contributed by atoms with Gasteiger partial charge in [-0.15, -0.1) is 0 Å². The van der Waals surface area contributed by atoms with Crippen molar-refractivity contribution in [1.29, 1.82) is 0 Å². The average Bonchev–Trinajstić information content (AvgIpc) is 2.93. The van der Waals surface area contributed by atoms with Gasteiger partial charge in [0, 0.05) is 15.7 Å². The second-order valence-corrected chi connectivity index (χ2v) is 5.38. The highest BCUT2D eigenvalue weighted by Crippen LogP contribution is 2.27. The molecule has 0 fully saturated rings. The number of hydrogen-bond donors (Lipinski definition) is 1. The summed E-state index contributed by atoms with van der Waals surface area (Å²) >= 11 is 3.43. The SMILES string of the molecule is O=C(O)c1ncn(-c2cccc(Br)c2)c1-c1ccccc1. The first kappa shape index (κ1) is 13.6. The van der Waals surface area contributed by atoms with E-state index in [1.54, 1.807) is 4.57 Å². The maximum Gasteiger partial charge on any atom is 0.356 e. The van der Waals surface area contributed by atoms with Gasteiger partial charge in [-0.25, -0.2) is 9.78 Å². The van der Waals surface area contributed by atoms with Crippen LogP contribution in [0.2, 0.25) is 0 Å². The maximum absolute atomic E-state index is 11.4. The topological polar surface area (TPSA) is 55.1 Å². The summed E-state index contributed by atoms with van der Waals surface area (Å²) in [5.74, 6) is -1.04. The highest BCUT2D eigenvalue weighted by atomic mass is 79.9. The van der Waals surface area contributed by atoms with Crippen molar-refractivity contribution in [1.82, 2.24) is 9.55 Å². The Morgan fingerprint density at radius 2 is 1.86 bits per heavy atom. The van der Waals surface area contributed by atoms with Gasteiger partial charge in [0.25, 0.3) is 0 Å². The fourth-order valence-electron chi connectivity index (χ4n) is 2.20. The van der Waals surface area contributed by atoms with Gasteiger partial charge in [-0.3, -0.25) is 4.57 Å². The van der Waals surface area contributed by atoms with Crippen molar-refractivity contribution in [2.24, 2.45) is 0 Å². The molecule has 1 N–H and O–H groups in total. The van der Waals surface area contributed by atoms with Gasteiger partial charge in [-0.05, 0) is 18.2 Å². The molecule has 1 aromatic heterocycles. The Bertz CT molecular complexity index is 797. The second kappa shape index (κ2) is 5.54. The van der Waals surface area contributed by atoms with Crippen LogP contribution in [0.1, 0.15) is 10.5 Å². The Labute approximate surface area is 129 Å². The summed E-state index contributed by atoms with van der Waals surface area (Å²) in [7, 11) is 0. The lowest BCUT2D eigenvalue weighted by atomic mass is 10.1. The standard InChI is InChI=1S/C16H11BrN2O2/c17-12-7-4-8-13(9-12)19-10-18-14(16(20)21)15(19)11-5-2-1-3-6-11/h1-10H,(H,20,21). The third-order valence-electron chi connectivity index (χ3n) is 3.10. The molecule has 0 aliphatic carbocycles.